The first-order chi connectivity index (χ1) is 9.55. The fraction of sp³-hybridized carbons (Fsp3) is 0.308. The van der Waals surface area contributed by atoms with Crippen LogP contribution in [-0.4, -0.2) is 21.1 Å². The predicted molar refractivity (Wildman–Crippen MR) is 77.4 cm³/mol. The van der Waals surface area contributed by atoms with E-state index in [0.717, 1.165) is 23.5 Å². The molecule has 5 N–H and O–H groups in total. The maximum absolute atomic E-state index is 12.3. The van der Waals surface area contributed by atoms with Gasteiger partial charge in [-0.1, -0.05) is 6.92 Å². The van der Waals surface area contributed by atoms with E-state index in [1.165, 1.54) is 0 Å². The number of anilines is 2. The molecule has 0 aliphatic heterocycles. The third-order valence-corrected chi connectivity index (χ3v) is 3.02. The first-order valence-corrected chi connectivity index (χ1v) is 6.35. The van der Waals surface area contributed by atoms with E-state index in [4.69, 9.17) is 5.84 Å². The molecule has 7 nitrogen and oxygen atoms in total. The zero-order valence-corrected chi connectivity index (χ0v) is 11.7. The molecule has 0 radical (unpaired) electrons. The van der Waals surface area contributed by atoms with Crippen molar-refractivity contribution in [2.24, 2.45) is 5.84 Å². The molecule has 0 saturated carbocycles. The predicted octanol–water partition coefficient (Wildman–Crippen LogP) is 1.52. The van der Waals surface area contributed by atoms with E-state index in [2.05, 4.69) is 25.9 Å². The molecule has 0 aromatic carbocycles. The van der Waals surface area contributed by atoms with Crippen molar-refractivity contribution in [1.29, 1.82) is 0 Å². The summed E-state index contributed by atoms with van der Waals surface area (Å²) in [6, 6.07) is 3.36. The van der Waals surface area contributed by atoms with Crippen LogP contribution in [0.25, 0.3) is 0 Å². The van der Waals surface area contributed by atoms with Gasteiger partial charge in [-0.05, 0) is 32.4 Å². The van der Waals surface area contributed by atoms with Gasteiger partial charge < -0.3 is 10.7 Å². The minimum absolute atomic E-state index is 0.216. The molecule has 0 unspecified atom stereocenters. The maximum Gasteiger partial charge on any atom is 0.255 e. The molecule has 0 aliphatic carbocycles. The molecule has 0 bridgehead atoms. The number of H-pyrrole nitrogens is 1. The Bertz CT molecular complexity index is 592. The molecule has 0 saturated heterocycles. The summed E-state index contributed by atoms with van der Waals surface area (Å²) < 4.78 is 0. The highest BCUT2D eigenvalue weighted by molar-refractivity contribution is 6.05. The average Bonchev–Trinajstić information content (AvgIpc) is 2.78. The summed E-state index contributed by atoms with van der Waals surface area (Å²) in [7, 11) is 0. The Morgan fingerprint density at radius 2 is 2.15 bits per heavy atom. The van der Waals surface area contributed by atoms with Crippen molar-refractivity contribution in [3.63, 3.8) is 0 Å². The molecule has 0 aliphatic rings. The van der Waals surface area contributed by atoms with Gasteiger partial charge in [-0.2, -0.15) is 5.10 Å². The summed E-state index contributed by atoms with van der Waals surface area (Å²) in [6.07, 6.45) is 0.722. The SMILES string of the molecule is CCc1cc(C(=O)Nc2c(C)n[nH]c2C)cc(NN)n1. The summed E-state index contributed by atoms with van der Waals surface area (Å²) in [5.41, 5.74) is 6.04. The molecule has 0 atom stereocenters. The number of aromatic amines is 1. The van der Waals surface area contributed by atoms with Gasteiger partial charge >= 0.3 is 0 Å². The number of hydrazine groups is 1. The number of hydrogen-bond acceptors (Lipinski definition) is 5. The quantitative estimate of drug-likeness (QED) is 0.499. The summed E-state index contributed by atoms with van der Waals surface area (Å²) >= 11 is 0. The van der Waals surface area contributed by atoms with Crippen molar-refractivity contribution in [3.05, 3.63) is 34.8 Å². The highest BCUT2D eigenvalue weighted by Crippen LogP contribution is 2.18. The summed E-state index contributed by atoms with van der Waals surface area (Å²) in [6.45, 7) is 5.65. The molecule has 2 heterocycles. The van der Waals surface area contributed by atoms with Crippen LogP contribution in [0.15, 0.2) is 12.1 Å². The fourth-order valence-electron chi connectivity index (χ4n) is 1.89. The van der Waals surface area contributed by atoms with E-state index in [-0.39, 0.29) is 5.91 Å². The minimum Gasteiger partial charge on any atom is -0.319 e. The van der Waals surface area contributed by atoms with Crippen LogP contribution in [0.1, 0.15) is 34.4 Å². The highest BCUT2D eigenvalue weighted by atomic mass is 16.1. The number of hydrogen-bond donors (Lipinski definition) is 4. The van der Waals surface area contributed by atoms with E-state index in [0.29, 0.717) is 17.1 Å². The van der Waals surface area contributed by atoms with Crippen molar-refractivity contribution in [1.82, 2.24) is 15.2 Å². The van der Waals surface area contributed by atoms with Gasteiger partial charge in [0.1, 0.15) is 5.82 Å². The largest absolute Gasteiger partial charge is 0.319 e. The van der Waals surface area contributed by atoms with Gasteiger partial charge in [-0.15, -0.1) is 0 Å². The fourth-order valence-corrected chi connectivity index (χ4v) is 1.89. The Kier molecular flexibility index (Phi) is 3.99. The van der Waals surface area contributed by atoms with Gasteiger partial charge in [-0.3, -0.25) is 9.89 Å². The van der Waals surface area contributed by atoms with Crippen LogP contribution >= 0.6 is 0 Å². The number of pyridine rings is 1. The van der Waals surface area contributed by atoms with Crippen LogP contribution in [0.3, 0.4) is 0 Å². The summed E-state index contributed by atoms with van der Waals surface area (Å²) in [4.78, 5) is 16.6. The number of nitrogens with zero attached hydrogens (tertiary/aromatic N) is 2. The molecule has 1 amide bonds. The van der Waals surface area contributed by atoms with Gasteiger partial charge in [0, 0.05) is 11.3 Å². The van der Waals surface area contributed by atoms with Gasteiger partial charge in [0.15, 0.2) is 0 Å². The van der Waals surface area contributed by atoms with E-state index < -0.39 is 0 Å². The molecular formula is C13H18N6O. The van der Waals surface area contributed by atoms with Gasteiger partial charge in [0.2, 0.25) is 0 Å². The van der Waals surface area contributed by atoms with Crippen molar-refractivity contribution >= 4 is 17.4 Å². The standard InChI is InChI=1S/C13H18N6O/c1-4-10-5-9(6-11(15-10)17-14)13(20)16-12-7(2)18-19-8(12)3/h5-6H,4,14H2,1-3H3,(H,15,17)(H,16,20)(H,18,19). The number of aromatic nitrogens is 3. The van der Waals surface area contributed by atoms with Crippen LogP contribution in [0, 0.1) is 13.8 Å². The second-order valence-electron chi connectivity index (χ2n) is 4.49. The van der Waals surface area contributed by atoms with Crippen molar-refractivity contribution in [2.75, 3.05) is 10.7 Å². The lowest BCUT2D eigenvalue weighted by atomic mass is 10.1. The molecule has 7 heteroatoms. The number of carbonyl (C=O) groups excluding carboxylic acids is 1. The van der Waals surface area contributed by atoms with Gasteiger partial charge in [-0.25, -0.2) is 10.8 Å². The molecule has 20 heavy (non-hydrogen) atoms. The molecule has 2 rings (SSSR count). The first kappa shape index (κ1) is 14.0. The number of nitrogens with two attached hydrogens (primary N) is 1. The summed E-state index contributed by atoms with van der Waals surface area (Å²) in [5.74, 6) is 5.62. The third-order valence-electron chi connectivity index (χ3n) is 3.02. The van der Waals surface area contributed by atoms with Crippen LogP contribution in [0.4, 0.5) is 11.5 Å². The monoisotopic (exact) mass is 274 g/mol. The topological polar surface area (TPSA) is 109 Å². The smallest absolute Gasteiger partial charge is 0.255 e. The Morgan fingerprint density at radius 1 is 1.40 bits per heavy atom. The van der Waals surface area contributed by atoms with Gasteiger partial charge in [0.05, 0.1) is 17.1 Å². The van der Waals surface area contributed by atoms with Crippen LogP contribution < -0.4 is 16.6 Å². The zero-order valence-electron chi connectivity index (χ0n) is 11.7. The van der Waals surface area contributed by atoms with E-state index in [1.807, 2.05) is 20.8 Å². The molecule has 2 aromatic rings. The van der Waals surface area contributed by atoms with E-state index >= 15 is 0 Å². The van der Waals surface area contributed by atoms with Crippen molar-refractivity contribution in [3.8, 4) is 0 Å². The van der Waals surface area contributed by atoms with Crippen molar-refractivity contribution < 1.29 is 4.79 Å². The Morgan fingerprint density at radius 3 is 2.70 bits per heavy atom. The molecule has 0 fully saturated rings. The van der Waals surface area contributed by atoms with Gasteiger partial charge in [0.25, 0.3) is 5.91 Å². The van der Waals surface area contributed by atoms with E-state index in [1.54, 1.807) is 12.1 Å². The van der Waals surface area contributed by atoms with E-state index in [9.17, 15) is 4.79 Å². The van der Waals surface area contributed by atoms with Crippen LogP contribution in [0.2, 0.25) is 0 Å². The third kappa shape index (κ3) is 2.77. The maximum atomic E-state index is 12.3. The molecule has 106 valence electrons. The Labute approximate surface area is 117 Å². The number of amides is 1. The number of rotatable bonds is 4. The lowest BCUT2D eigenvalue weighted by molar-refractivity contribution is 0.102. The molecular weight excluding hydrogens is 256 g/mol. The molecule has 2 aromatic heterocycles. The zero-order chi connectivity index (χ0) is 14.7. The first-order valence-electron chi connectivity index (χ1n) is 6.35. The Hall–Kier alpha value is -2.41. The lowest BCUT2D eigenvalue weighted by Gasteiger charge is -2.08. The number of nitrogen functional groups attached to an aromatic ring is 1. The van der Waals surface area contributed by atoms with Crippen molar-refractivity contribution in [2.45, 2.75) is 27.2 Å². The number of nitrogens with one attached hydrogen (secondary N) is 3. The summed E-state index contributed by atoms with van der Waals surface area (Å²) in [5, 5.41) is 9.72. The van der Waals surface area contributed by atoms with Crippen LogP contribution in [0.5, 0.6) is 0 Å². The second-order valence-corrected chi connectivity index (χ2v) is 4.49. The molecule has 0 spiro atoms. The minimum atomic E-state index is -0.216. The number of aryl methyl sites for hydroxylation is 3. The lowest BCUT2D eigenvalue weighted by Crippen LogP contribution is -2.16. The normalized spacial score (nSPS) is 10.4. The Balaban J connectivity index is 2.29. The number of carbonyl (C=O) groups is 1. The highest BCUT2D eigenvalue weighted by Gasteiger charge is 2.13. The average molecular weight is 274 g/mol. The van der Waals surface area contributed by atoms with Crippen LogP contribution in [-0.2, 0) is 6.42 Å². The second kappa shape index (κ2) is 5.70.